The first kappa shape index (κ1) is 27.4. The monoisotopic (exact) mass is 627 g/mol. The Morgan fingerprint density at radius 3 is 1.65 bits per heavy atom. The van der Waals surface area contributed by atoms with Gasteiger partial charge < -0.3 is 9.13 Å². The van der Waals surface area contributed by atoms with E-state index in [9.17, 15) is 0 Å². The highest BCUT2D eigenvalue weighted by Gasteiger charge is 2.22. The SMILES string of the molecule is c1ccc(-c2c(-c3ccc(-n4c5ccccc5c5c4ccc4c6ccccc6n(-c6ccccc6)c45)cc3)nnn2-c2ccccc2)cc1. The number of para-hydroxylation sites is 4. The summed E-state index contributed by atoms with van der Waals surface area (Å²) >= 11 is 0. The van der Waals surface area contributed by atoms with Gasteiger partial charge in [-0.3, -0.25) is 0 Å². The van der Waals surface area contributed by atoms with Crippen LogP contribution in [0.1, 0.15) is 0 Å². The fourth-order valence-corrected chi connectivity index (χ4v) is 7.48. The van der Waals surface area contributed by atoms with Gasteiger partial charge in [0.2, 0.25) is 0 Å². The van der Waals surface area contributed by atoms with E-state index in [-0.39, 0.29) is 0 Å². The van der Waals surface area contributed by atoms with Crippen molar-refractivity contribution in [3.63, 3.8) is 0 Å². The Morgan fingerprint density at radius 1 is 0.367 bits per heavy atom. The van der Waals surface area contributed by atoms with Gasteiger partial charge in [-0.25, -0.2) is 4.68 Å². The summed E-state index contributed by atoms with van der Waals surface area (Å²) in [6, 6.07) is 62.1. The molecule has 5 heteroatoms. The summed E-state index contributed by atoms with van der Waals surface area (Å²) in [5.74, 6) is 0. The van der Waals surface area contributed by atoms with Gasteiger partial charge in [-0.15, -0.1) is 5.10 Å². The molecular formula is C44H29N5. The Balaban J connectivity index is 1.19. The van der Waals surface area contributed by atoms with E-state index >= 15 is 0 Å². The fourth-order valence-electron chi connectivity index (χ4n) is 7.48. The molecule has 0 atom stereocenters. The zero-order chi connectivity index (χ0) is 32.3. The van der Waals surface area contributed by atoms with Crippen molar-refractivity contribution in [3.8, 4) is 39.6 Å². The third kappa shape index (κ3) is 4.19. The van der Waals surface area contributed by atoms with Crippen molar-refractivity contribution >= 4 is 43.6 Å². The molecule has 0 fully saturated rings. The highest BCUT2D eigenvalue weighted by Crippen LogP contribution is 2.42. The van der Waals surface area contributed by atoms with Crippen LogP contribution in [0.25, 0.3) is 83.2 Å². The number of hydrogen-bond acceptors (Lipinski definition) is 2. The van der Waals surface area contributed by atoms with Gasteiger partial charge in [0.1, 0.15) is 11.4 Å². The zero-order valence-electron chi connectivity index (χ0n) is 26.5. The highest BCUT2D eigenvalue weighted by molar-refractivity contribution is 6.26. The Labute approximate surface area is 282 Å². The molecular weight excluding hydrogens is 599 g/mol. The van der Waals surface area contributed by atoms with Crippen LogP contribution in [-0.4, -0.2) is 24.1 Å². The average molecular weight is 628 g/mol. The second-order valence-electron chi connectivity index (χ2n) is 12.3. The summed E-state index contributed by atoms with van der Waals surface area (Å²) in [5, 5.41) is 14.3. The van der Waals surface area contributed by atoms with Crippen LogP contribution >= 0.6 is 0 Å². The van der Waals surface area contributed by atoms with Crippen LogP contribution in [0.2, 0.25) is 0 Å². The number of hydrogen-bond donors (Lipinski definition) is 0. The van der Waals surface area contributed by atoms with Gasteiger partial charge in [-0.1, -0.05) is 127 Å². The predicted octanol–water partition coefficient (Wildman–Crippen LogP) is 10.8. The van der Waals surface area contributed by atoms with Gasteiger partial charge in [0.25, 0.3) is 0 Å². The van der Waals surface area contributed by atoms with E-state index in [2.05, 4.69) is 166 Å². The molecule has 0 radical (unpaired) electrons. The van der Waals surface area contributed by atoms with E-state index < -0.39 is 0 Å². The lowest BCUT2D eigenvalue weighted by Crippen LogP contribution is -1.99. The molecule has 0 aliphatic rings. The van der Waals surface area contributed by atoms with Gasteiger partial charge in [0.15, 0.2) is 0 Å². The van der Waals surface area contributed by atoms with E-state index in [4.69, 9.17) is 5.10 Å². The predicted molar refractivity (Wildman–Crippen MR) is 201 cm³/mol. The minimum Gasteiger partial charge on any atom is -0.309 e. The van der Waals surface area contributed by atoms with Crippen molar-refractivity contribution in [2.24, 2.45) is 0 Å². The molecule has 3 aromatic heterocycles. The molecule has 0 unspecified atom stereocenters. The molecule has 0 aliphatic carbocycles. The maximum absolute atomic E-state index is 4.73. The smallest absolute Gasteiger partial charge is 0.121 e. The van der Waals surface area contributed by atoms with E-state index in [0.29, 0.717) is 0 Å². The molecule has 0 amide bonds. The van der Waals surface area contributed by atoms with Gasteiger partial charge in [0, 0.05) is 44.0 Å². The summed E-state index contributed by atoms with van der Waals surface area (Å²) in [6.07, 6.45) is 0. The summed E-state index contributed by atoms with van der Waals surface area (Å²) in [7, 11) is 0. The average Bonchev–Trinajstić information content (AvgIpc) is 3.87. The molecule has 10 aromatic rings. The molecule has 0 saturated carbocycles. The van der Waals surface area contributed by atoms with Crippen LogP contribution in [0.15, 0.2) is 176 Å². The normalized spacial score (nSPS) is 11.7. The Morgan fingerprint density at radius 2 is 0.939 bits per heavy atom. The summed E-state index contributed by atoms with van der Waals surface area (Å²) in [6.45, 7) is 0. The standard InChI is InChI=1S/C44H29N5/c1-4-14-31(15-5-1)43-42(45-46-49(43)34-18-8-3-9-19-34)30-24-26-33(27-25-30)47-39-23-13-11-21-37(39)41-40(47)29-28-36-35-20-10-12-22-38(35)48(44(36)41)32-16-6-2-7-17-32/h1-29H. The number of fused-ring (bicyclic) bond motifs is 7. The first-order valence-electron chi connectivity index (χ1n) is 16.5. The number of benzene rings is 7. The second-order valence-corrected chi connectivity index (χ2v) is 12.3. The second kappa shape index (κ2) is 10.9. The molecule has 0 bridgehead atoms. The van der Waals surface area contributed by atoms with Crippen LogP contribution < -0.4 is 0 Å². The zero-order valence-corrected chi connectivity index (χ0v) is 26.5. The molecule has 0 spiro atoms. The summed E-state index contributed by atoms with van der Waals surface area (Å²) < 4.78 is 6.75. The third-order valence-electron chi connectivity index (χ3n) is 9.60. The molecule has 0 aliphatic heterocycles. The molecule has 0 N–H and O–H groups in total. The molecule has 49 heavy (non-hydrogen) atoms. The Kier molecular flexibility index (Phi) is 6.11. The molecule has 0 saturated heterocycles. The number of nitrogens with zero attached hydrogens (tertiary/aromatic N) is 5. The maximum atomic E-state index is 4.73. The summed E-state index contributed by atoms with van der Waals surface area (Å²) in [5.41, 5.74) is 11.9. The first-order chi connectivity index (χ1) is 24.3. The lowest BCUT2D eigenvalue weighted by atomic mass is 10.0. The van der Waals surface area contributed by atoms with Crippen molar-refractivity contribution in [3.05, 3.63) is 176 Å². The van der Waals surface area contributed by atoms with Crippen LogP contribution in [0, 0.1) is 0 Å². The minimum atomic E-state index is 0.845. The third-order valence-corrected chi connectivity index (χ3v) is 9.60. The molecule has 230 valence electrons. The van der Waals surface area contributed by atoms with E-state index in [1.54, 1.807) is 0 Å². The van der Waals surface area contributed by atoms with Crippen LogP contribution in [-0.2, 0) is 0 Å². The lowest BCUT2D eigenvalue weighted by molar-refractivity contribution is 0.808. The van der Waals surface area contributed by atoms with Crippen LogP contribution in [0.4, 0.5) is 0 Å². The molecule has 5 nitrogen and oxygen atoms in total. The van der Waals surface area contributed by atoms with Crippen LogP contribution in [0.3, 0.4) is 0 Å². The fraction of sp³-hybridized carbons (Fsp3) is 0. The van der Waals surface area contributed by atoms with Gasteiger partial charge >= 0.3 is 0 Å². The lowest BCUT2D eigenvalue weighted by Gasteiger charge is -2.11. The molecule has 7 aromatic carbocycles. The largest absolute Gasteiger partial charge is 0.309 e. The maximum Gasteiger partial charge on any atom is 0.121 e. The molecule has 3 heterocycles. The van der Waals surface area contributed by atoms with Crippen molar-refractivity contribution in [2.45, 2.75) is 0 Å². The first-order valence-corrected chi connectivity index (χ1v) is 16.5. The van der Waals surface area contributed by atoms with E-state index in [1.165, 1.54) is 43.6 Å². The highest BCUT2D eigenvalue weighted by atomic mass is 15.4. The van der Waals surface area contributed by atoms with Gasteiger partial charge in [0.05, 0.1) is 27.8 Å². The molecule has 10 rings (SSSR count). The quantitative estimate of drug-likeness (QED) is 0.190. The Hall–Kier alpha value is -6.72. The van der Waals surface area contributed by atoms with Crippen molar-refractivity contribution in [1.82, 2.24) is 24.1 Å². The topological polar surface area (TPSA) is 40.6 Å². The minimum absolute atomic E-state index is 0.845. The van der Waals surface area contributed by atoms with Crippen LogP contribution in [0.5, 0.6) is 0 Å². The van der Waals surface area contributed by atoms with Crippen molar-refractivity contribution in [2.75, 3.05) is 0 Å². The number of rotatable bonds is 5. The number of aromatic nitrogens is 5. The summed E-state index contributed by atoms with van der Waals surface area (Å²) in [4.78, 5) is 0. The van der Waals surface area contributed by atoms with Gasteiger partial charge in [-0.05, 0) is 54.6 Å². The van der Waals surface area contributed by atoms with E-state index in [1.807, 2.05) is 28.9 Å². The van der Waals surface area contributed by atoms with E-state index in [0.717, 1.165) is 39.6 Å². The Bertz CT molecular complexity index is 2790. The van der Waals surface area contributed by atoms with Gasteiger partial charge in [-0.2, -0.15) is 0 Å². The van der Waals surface area contributed by atoms with Crippen molar-refractivity contribution < 1.29 is 0 Å². The van der Waals surface area contributed by atoms with Crippen molar-refractivity contribution in [1.29, 1.82) is 0 Å².